The van der Waals surface area contributed by atoms with E-state index in [2.05, 4.69) is 10.2 Å². The SMILES string of the molecule is CN(Cc1ccccc1)C(=O)CN1CN(c2ccccc2)C2(CCN(C(=O)Nc3cccc(Cl)c3)CC2)C1=O. The average molecular weight is 546 g/mol. The van der Waals surface area contributed by atoms with Crippen molar-refractivity contribution in [2.75, 3.05) is 43.6 Å². The minimum Gasteiger partial charge on any atom is -0.340 e. The monoisotopic (exact) mass is 545 g/mol. The third kappa shape index (κ3) is 5.71. The first-order valence-electron chi connectivity index (χ1n) is 13.1. The zero-order chi connectivity index (χ0) is 27.4. The molecule has 0 aliphatic carbocycles. The molecular weight excluding hydrogens is 514 g/mol. The molecule has 9 heteroatoms. The van der Waals surface area contributed by atoms with Gasteiger partial charge in [-0.15, -0.1) is 0 Å². The molecule has 2 saturated heterocycles. The van der Waals surface area contributed by atoms with E-state index < -0.39 is 5.54 Å². The summed E-state index contributed by atoms with van der Waals surface area (Å²) in [6.07, 6.45) is 0.933. The first kappa shape index (κ1) is 26.6. The highest BCUT2D eigenvalue weighted by Crippen LogP contribution is 2.39. The Morgan fingerprint density at radius 1 is 0.949 bits per heavy atom. The fraction of sp³-hybridized carbons (Fsp3) is 0.300. The summed E-state index contributed by atoms with van der Waals surface area (Å²) in [5, 5.41) is 3.44. The molecule has 4 amide bonds. The Bertz CT molecular complexity index is 1330. The molecule has 0 aromatic heterocycles. The van der Waals surface area contributed by atoms with Crippen molar-refractivity contribution in [1.82, 2.24) is 14.7 Å². The fourth-order valence-electron chi connectivity index (χ4n) is 5.40. The van der Waals surface area contributed by atoms with E-state index >= 15 is 0 Å². The zero-order valence-corrected chi connectivity index (χ0v) is 22.7. The lowest BCUT2D eigenvalue weighted by molar-refractivity contribution is -0.140. The smallest absolute Gasteiger partial charge is 0.321 e. The molecule has 0 bridgehead atoms. The molecule has 3 aromatic carbocycles. The van der Waals surface area contributed by atoms with Crippen LogP contribution in [0.1, 0.15) is 18.4 Å². The molecule has 1 N–H and O–H groups in total. The Morgan fingerprint density at radius 2 is 1.62 bits per heavy atom. The number of carbonyl (C=O) groups excluding carboxylic acids is 3. The highest BCUT2D eigenvalue weighted by molar-refractivity contribution is 6.30. The van der Waals surface area contributed by atoms with Crippen LogP contribution in [0.2, 0.25) is 5.02 Å². The molecule has 5 rings (SSSR count). The molecule has 0 saturated carbocycles. The molecule has 202 valence electrons. The van der Waals surface area contributed by atoms with E-state index in [-0.39, 0.29) is 24.4 Å². The summed E-state index contributed by atoms with van der Waals surface area (Å²) in [5.41, 5.74) is 1.77. The number of amides is 4. The lowest BCUT2D eigenvalue weighted by Crippen LogP contribution is -2.58. The van der Waals surface area contributed by atoms with Crippen LogP contribution in [0.15, 0.2) is 84.9 Å². The molecule has 39 heavy (non-hydrogen) atoms. The Kier molecular flexibility index (Phi) is 7.74. The van der Waals surface area contributed by atoms with Crippen LogP contribution in [0.25, 0.3) is 0 Å². The van der Waals surface area contributed by atoms with Gasteiger partial charge in [0.25, 0.3) is 5.91 Å². The number of hydrogen-bond acceptors (Lipinski definition) is 4. The molecule has 8 nitrogen and oxygen atoms in total. The predicted octanol–water partition coefficient (Wildman–Crippen LogP) is 4.67. The number of nitrogens with one attached hydrogen (secondary N) is 1. The van der Waals surface area contributed by atoms with Gasteiger partial charge < -0.3 is 24.9 Å². The number of likely N-dealkylation sites (N-methyl/N-ethyl adjacent to an activating group) is 1. The van der Waals surface area contributed by atoms with Crippen molar-refractivity contribution in [3.8, 4) is 0 Å². The molecule has 2 heterocycles. The van der Waals surface area contributed by atoms with E-state index in [1.807, 2.05) is 60.7 Å². The number of anilines is 2. The van der Waals surface area contributed by atoms with Crippen molar-refractivity contribution in [1.29, 1.82) is 0 Å². The number of likely N-dealkylation sites (tertiary alicyclic amines) is 1. The van der Waals surface area contributed by atoms with Gasteiger partial charge in [-0.3, -0.25) is 9.59 Å². The van der Waals surface area contributed by atoms with Crippen molar-refractivity contribution in [2.24, 2.45) is 0 Å². The van der Waals surface area contributed by atoms with Crippen LogP contribution < -0.4 is 10.2 Å². The summed E-state index contributed by atoms with van der Waals surface area (Å²) in [5.74, 6) is -0.182. The second-order valence-corrected chi connectivity index (χ2v) is 10.5. The maximum absolute atomic E-state index is 14.0. The van der Waals surface area contributed by atoms with E-state index in [0.29, 0.717) is 49.9 Å². The number of urea groups is 1. The number of para-hydroxylation sites is 1. The highest BCUT2D eigenvalue weighted by atomic mass is 35.5. The highest BCUT2D eigenvalue weighted by Gasteiger charge is 2.54. The molecule has 0 unspecified atom stereocenters. The molecule has 2 fully saturated rings. The Balaban J connectivity index is 1.29. The van der Waals surface area contributed by atoms with Gasteiger partial charge >= 0.3 is 6.03 Å². The lowest BCUT2D eigenvalue weighted by atomic mass is 9.85. The summed E-state index contributed by atoms with van der Waals surface area (Å²) in [4.78, 5) is 47.2. The molecule has 2 aliphatic heterocycles. The number of hydrogen-bond donors (Lipinski definition) is 1. The maximum Gasteiger partial charge on any atom is 0.321 e. The average Bonchev–Trinajstić information content (AvgIpc) is 3.20. The van der Waals surface area contributed by atoms with E-state index in [1.165, 1.54) is 0 Å². The summed E-state index contributed by atoms with van der Waals surface area (Å²) in [6, 6.07) is 26.4. The lowest BCUT2D eigenvalue weighted by Gasteiger charge is -2.43. The third-order valence-corrected chi connectivity index (χ3v) is 7.79. The minimum atomic E-state index is -0.813. The predicted molar refractivity (Wildman–Crippen MR) is 152 cm³/mol. The van der Waals surface area contributed by atoms with Crippen LogP contribution in [0, 0.1) is 0 Å². The zero-order valence-electron chi connectivity index (χ0n) is 21.9. The minimum absolute atomic E-state index is 0.00617. The molecule has 3 aromatic rings. The number of carbonyl (C=O) groups is 3. The van der Waals surface area contributed by atoms with Crippen molar-refractivity contribution < 1.29 is 14.4 Å². The Morgan fingerprint density at radius 3 is 2.28 bits per heavy atom. The largest absolute Gasteiger partial charge is 0.340 e. The Labute approximate surface area is 233 Å². The topological polar surface area (TPSA) is 76.2 Å². The van der Waals surface area contributed by atoms with Gasteiger partial charge in [0, 0.05) is 43.1 Å². The number of piperidine rings is 1. The van der Waals surface area contributed by atoms with Crippen LogP contribution in [0.5, 0.6) is 0 Å². The number of halogens is 1. The number of rotatable bonds is 6. The van der Waals surface area contributed by atoms with Crippen LogP contribution in [-0.4, -0.2) is 71.4 Å². The molecule has 0 radical (unpaired) electrons. The standard InChI is InChI=1S/C30H32ClN5O3/c1-33(20-23-9-4-2-5-10-23)27(37)21-35-22-36(26-13-6-3-7-14-26)30(28(35)38)15-17-34(18-16-30)29(39)32-25-12-8-11-24(31)19-25/h2-14,19H,15-18,20-22H2,1H3,(H,32,39). The second-order valence-electron chi connectivity index (χ2n) is 10.1. The van der Waals surface area contributed by atoms with Crippen molar-refractivity contribution in [3.05, 3.63) is 95.5 Å². The van der Waals surface area contributed by atoms with E-state index in [4.69, 9.17) is 11.6 Å². The quantitative estimate of drug-likeness (QED) is 0.488. The van der Waals surface area contributed by atoms with Gasteiger partial charge in [0.2, 0.25) is 5.91 Å². The summed E-state index contributed by atoms with van der Waals surface area (Å²) in [6.45, 7) is 1.63. The first-order chi connectivity index (χ1) is 18.9. The maximum atomic E-state index is 14.0. The van der Waals surface area contributed by atoms with Gasteiger partial charge in [-0.05, 0) is 48.7 Å². The number of nitrogens with zero attached hydrogens (tertiary/aromatic N) is 4. The van der Waals surface area contributed by atoms with Crippen LogP contribution in [0.3, 0.4) is 0 Å². The fourth-order valence-corrected chi connectivity index (χ4v) is 5.59. The molecule has 0 atom stereocenters. The van der Waals surface area contributed by atoms with Crippen LogP contribution in [-0.2, 0) is 16.1 Å². The van der Waals surface area contributed by atoms with Crippen molar-refractivity contribution >= 4 is 40.8 Å². The van der Waals surface area contributed by atoms with Gasteiger partial charge in [-0.25, -0.2) is 4.79 Å². The molecule has 2 aliphatic rings. The van der Waals surface area contributed by atoms with Crippen LogP contribution >= 0.6 is 11.6 Å². The summed E-state index contributed by atoms with van der Waals surface area (Å²) >= 11 is 6.06. The van der Waals surface area contributed by atoms with E-state index in [9.17, 15) is 14.4 Å². The van der Waals surface area contributed by atoms with Gasteiger partial charge in [0.1, 0.15) is 12.1 Å². The normalized spacial score (nSPS) is 16.5. The van der Waals surface area contributed by atoms with Gasteiger partial charge in [0.15, 0.2) is 0 Å². The van der Waals surface area contributed by atoms with Crippen molar-refractivity contribution in [3.63, 3.8) is 0 Å². The third-order valence-electron chi connectivity index (χ3n) is 7.55. The van der Waals surface area contributed by atoms with Crippen molar-refractivity contribution in [2.45, 2.75) is 24.9 Å². The first-order valence-corrected chi connectivity index (χ1v) is 13.4. The van der Waals surface area contributed by atoms with E-state index in [1.54, 1.807) is 46.0 Å². The Hall–Kier alpha value is -4.04. The van der Waals surface area contributed by atoms with Crippen LogP contribution in [0.4, 0.5) is 16.2 Å². The van der Waals surface area contributed by atoms with Gasteiger partial charge in [0.05, 0.1) is 6.67 Å². The molecule has 1 spiro atoms. The molecular formula is C30H32ClN5O3. The summed E-state index contributed by atoms with van der Waals surface area (Å²) in [7, 11) is 1.76. The van der Waals surface area contributed by atoms with Gasteiger partial charge in [-0.2, -0.15) is 0 Å². The van der Waals surface area contributed by atoms with Gasteiger partial charge in [-0.1, -0.05) is 66.2 Å². The number of benzene rings is 3. The van der Waals surface area contributed by atoms with E-state index in [0.717, 1.165) is 11.3 Å². The second kappa shape index (κ2) is 11.4. The summed E-state index contributed by atoms with van der Waals surface area (Å²) < 4.78 is 0.